The van der Waals surface area contributed by atoms with Crippen LogP contribution in [0.4, 0.5) is 4.79 Å². The molecule has 0 heterocycles. The summed E-state index contributed by atoms with van der Waals surface area (Å²) in [5, 5.41) is 0. The van der Waals surface area contributed by atoms with E-state index in [0.717, 1.165) is 5.56 Å². The van der Waals surface area contributed by atoms with Crippen LogP contribution >= 0.6 is 0 Å². The first-order valence-corrected chi connectivity index (χ1v) is 7.55. The highest BCUT2D eigenvalue weighted by Crippen LogP contribution is 2.23. The molecule has 1 atom stereocenters. The molecule has 0 aliphatic carbocycles. The van der Waals surface area contributed by atoms with Crippen LogP contribution in [0.3, 0.4) is 0 Å². The zero-order valence-corrected chi connectivity index (χ0v) is 12.4. The van der Waals surface area contributed by atoms with Crippen LogP contribution in [0.2, 0.25) is 0 Å². The predicted octanol–water partition coefficient (Wildman–Crippen LogP) is 1.87. The highest BCUT2D eigenvalue weighted by atomic mass is 32.2. The SMILES string of the molecule is Cc1cc(C)c(S(=O)(=O)CC(C)OC(N)=O)c(C)c1. The van der Waals surface area contributed by atoms with Gasteiger partial charge in [0, 0.05) is 0 Å². The molecule has 1 rings (SSSR count). The van der Waals surface area contributed by atoms with Gasteiger partial charge >= 0.3 is 6.09 Å². The van der Waals surface area contributed by atoms with Gasteiger partial charge in [-0.2, -0.15) is 0 Å². The molecule has 0 radical (unpaired) electrons. The summed E-state index contributed by atoms with van der Waals surface area (Å²) in [4.78, 5) is 10.9. The maximum atomic E-state index is 12.3. The van der Waals surface area contributed by atoms with Gasteiger partial charge in [0.05, 0.1) is 10.6 Å². The summed E-state index contributed by atoms with van der Waals surface area (Å²) in [6, 6.07) is 3.64. The first-order chi connectivity index (χ1) is 8.63. The Morgan fingerprint density at radius 1 is 1.26 bits per heavy atom. The molecule has 106 valence electrons. The normalized spacial score (nSPS) is 13.1. The minimum atomic E-state index is -3.52. The Bertz CT molecular complexity index is 570. The van der Waals surface area contributed by atoms with Gasteiger partial charge in [-0.3, -0.25) is 0 Å². The number of nitrogens with two attached hydrogens (primary N) is 1. The Morgan fingerprint density at radius 3 is 2.16 bits per heavy atom. The first kappa shape index (κ1) is 15.5. The highest BCUT2D eigenvalue weighted by Gasteiger charge is 2.24. The minimum absolute atomic E-state index is 0.277. The molecule has 0 spiro atoms. The van der Waals surface area contributed by atoms with Crippen LogP contribution in [0.1, 0.15) is 23.6 Å². The van der Waals surface area contributed by atoms with Crippen molar-refractivity contribution >= 4 is 15.9 Å². The fraction of sp³-hybridized carbons (Fsp3) is 0.462. The van der Waals surface area contributed by atoms with Gasteiger partial charge in [0.2, 0.25) is 0 Å². The molecule has 19 heavy (non-hydrogen) atoms. The zero-order chi connectivity index (χ0) is 14.8. The van der Waals surface area contributed by atoms with E-state index in [1.807, 2.05) is 19.1 Å². The Hall–Kier alpha value is -1.56. The number of hydrogen-bond acceptors (Lipinski definition) is 4. The van der Waals surface area contributed by atoms with Gasteiger partial charge in [0.25, 0.3) is 0 Å². The average molecular weight is 285 g/mol. The van der Waals surface area contributed by atoms with Crippen molar-refractivity contribution in [2.24, 2.45) is 5.73 Å². The summed E-state index contributed by atoms with van der Waals surface area (Å²) in [6.45, 7) is 6.93. The van der Waals surface area contributed by atoms with Gasteiger partial charge in [-0.15, -0.1) is 0 Å². The van der Waals surface area contributed by atoms with Gasteiger partial charge in [-0.25, -0.2) is 13.2 Å². The summed E-state index contributed by atoms with van der Waals surface area (Å²) in [7, 11) is -3.52. The second-order valence-corrected chi connectivity index (χ2v) is 6.73. The van der Waals surface area contributed by atoms with E-state index < -0.39 is 22.0 Å². The highest BCUT2D eigenvalue weighted by molar-refractivity contribution is 7.91. The molecule has 1 unspecified atom stereocenters. The molecule has 1 aromatic rings. The number of ether oxygens (including phenoxy) is 1. The van der Waals surface area contributed by atoms with E-state index >= 15 is 0 Å². The first-order valence-electron chi connectivity index (χ1n) is 5.90. The molecule has 0 aliphatic rings. The van der Waals surface area contributed by atoms with Crippen molar-refractivity contribution in [3.63, 3.8) is 0 Å². The van der Waals surface area contributed by atoms with E-state index in [1.165, 1.54) is 6.92 Å². The van der Waals surface area contributed by atoms with Gasteiger partial charge in [-0.05, 0) is 38.8 Å². The fourth-order valence-corrected chi connectivity index (χ4v) is 4.23. The van der Waals surface area contributed by atoms with E-state index in [-0.39, 0.29) is 5.75 Å². The fourth-order valence-electron chi connectivity index (χ4n) is 2.28. The molecule has 0 aliphatic heterocycles. The number of primary amides is 1. The lowest BCUT2D eigenvalue weighted by Gasteiger charge is -2.15. The van der Waals surface area contributed by atoms with Crippen molar-refractivity contribution in [1.29, 1.82) is 0 Å². The third kappa shape index (κ3) is 3.96. The summed E-state index contributed by atoms with van der Waals surface area (Å²) in [5.74, 6) is -0.277. The van der Waals surface area contributed by atoms with Crippen molar-refractivity contribution in [3.8, 4) is 0 Å². The molecule has 1 aromatic carbocycles. The van der Waals surface area contributed by atoms with Gasteiger partial charge < -0.3 is 10.5 Å². The minimum Gasteiger partial charge on any atom is -0.446 e. The van der Waals surface area contributed by atoms with Crippen LogP contribution in [-0.2, 0) is 14.6 Å². The Labute approximate surface area is 113 Å². The number of sulfone groups is 1. The molecule has 0 saturated heterocycles. The quantitative estimate of drug-likeness (QED) is 0.915. The Kier molecular flexibility index (Phi) is 4.57. The molecule has 0 saturated carbocycles. The summed E-state index contributed by atoms with van der Waals surface area (Å²) in [6.07, 6.45) is -1.75. The maximum absolute atomic E-state index is 12.3. The number of carbonyl (C=O) groups is 1. The molecule has 0 fully saturated rings. The zero-order valence-electron chi connectivity index (χ0n) is 11.6. The molecule has 2 N–H and O–H groups in total. The van der Waals surface area contributed by atoms with Crippen molar-refractivity contribution < 1.29 is 17.9 Å². The topological polar surface area (TPSA) is 86.5 Å². The molecule has 0 aromatic heterocycles. The molecular weight excluding hydrogens is 266 g/mol. The summed E-state index contributed by atoms with van der Waals surface area (Å²) < 4.78 is 29.4. The standard InChI is InChI=1S/C13H19NO4S/c1-8-5-9(2)12(10(3)6-8)19(16,17)7-11(4)18-13(14)15/h5-6,11H,7H2,1-4H3,(H2,14,15). The van der Waals surface area contributed by atoms with Gasteiger partial charge in [0.1, 0.15) is 6.10 Å². The van der Waals surface area contributed by atoms with Crippen LogP contribution in [0.25, 0.3) is 0 Å². The van der Waals surface area contributed by atoms with Crippen molar-refractivity contribution in [2.45, 2.75) is 38.7 Å². The van der Waals surface area contributed by atoms with E-state index in [0.29, 0.717) is 16.0 Å². The number of amides is 1. The van der Waals surface area contributed by atoms with Crippen LogP contribution in [0.5, 0.6) is 0 Å². The number of aryl methyl sites for hydroxylation is 3. The van der Waals surface area contributed by atoms with E-state index in [2.05, 4.69) is 4.74 Å². The van der Waals surface area contributed by atoms with Crippen LogP contribution in [-0.4, -0.2) is 26.4 Å². The number of carbonyl (C=O) groups excluding carboxylic acids is 1. The molecule has 6 heteroatoms. The smallest absolute Gasteiger partial charge is 0.404 e. The van der Waals surface area contributed by atoms with Crippen LogP contribution in [0.15, 0.2) is 17.0 Å². The average Bonchev–Trinajstić information content (AvgIpc) is 2.10. The van der Waals surface area contributed by atoms with Crippen molar-refractivity contribution in [1.82, 2.24) is 0 Å². The third-order valence-electron chi connectivity index (χ3n) is 2.69. The van der Waals surface area contributed by atoms with E-state index in [1.54, 1.807) is 13.8 Å². The Morgan fingerprint density at radius 2 is 1.74 bits per heavy atom. The third-order valence-corrected chi connectivity index (χ3v) is 4.86. The van der Waals surface area contributed by atoms with E-state index in [9.17, 15) is 13.2 Å². The second kappa shape index (κ2) is 5.61. The predicted molar refractivity (Wildman–Crippen MR) is 72.8 cm³/mol. The van der Waals surface area contributed by atoms with Crippen molar-refractivity contribution in [2.75, 3.05) is 5.75 Å². The largest absolute Gasteiger partial charge is 0.446 e. The summed E-state index contributed by atoms with van der Waals surface area (Å²) >= 11 is 0. The summed E-state index contributed by atoms with van der Waals surface area (Å²) in [5.41, 5.74) is 7.28. The maximum Gasteiger partial charge on any atom is 0.404 e. The molecule has 5 nitrogen and oxygen atoms in total. The lowest BCUT2D eigenvalue weighted by Crippen LogP contribution is -2.27. The molecular formula is C13H19NO4S. The Balaban J connectivity index is 3.11. The van der Waals surface area contributed by atoms with Gasteiger partial charge in [0.15, 0.2) is 9.84 Å². The lowest BCUT2D eigenvalue weighted by molar-refractivity contribution is 0.126. The van der Waals surface area contributed by atoms with Gasteiger partial charge in [-0.1, -0.05) is 17.7 Å². The van der Waals surface area contributed by atoms with Crippen molar-refractivity contribution in [3.05, 3.63) is 28.8 Å². The number of benzene rings is 1. The second-order valence-electron chi connectivity index (χ2n) is 4.76. The van der Waals surface area contributed by atoms with E-state index in [4.69, 9.17) is 5.73 Å². The molecule has 0 bridgehead atoms. The monoisotopic (exact) mass is 285 g/mol. The lowest BCUT2D eigenvalue weighted by atomic mass is 10.1. The van der Waals surface area contributed by atoms with Crippen LogP contribution in [0, 0.1) is 20.8 Å². The number of hydrogen-bond donors (Lipinski definition) is 1. The number of rotatable bonds is 4. The van der Waals surface area contributed by atoms with Crippen LogP contribution < -0.4 is 5.73 Å². The molecule has 1 amide bonds.